The van der Waals surface area contributed by atoms with Gasteiger partial charge in [-0.1, -0.05) is 42.6 Å². The minimum absolute atomic E-state index is 0.0945. The van der Waals surface area contributed by atoms with Crippen molar-refractivity contribution in [1.29, 1.82) is 0 Å². The van der Waals surface area contributed by atoms with Gasteiger partial charge in [0.15, 0.2) is 0 Å². The van der Waals surface area contributed by atoms with Gasteiger partial charge in [0, 0.05) is 12.6 Å². The van der Waals surface area contributed by atoms with E-state index in [1.165, 1.54) is 12.1 Å². The topological polar surface area (TPSA) is 72.2 Å². The third-order valence-corrected chi connectivity index (χ3v) is 4.91. The molecule has 0 aliphatic heterocycles. The van der Waals surface area contributed by atoms with Crippen molar-refractivity contribution in [3.8, 4) is 0 Å². The van der Waals surface area contributed by atoms with Crippen LogP contribution in [0.1, 0.15) is 19.8 Å². The molecule has 3 N–H and O–H groups in total. The SMILES string of the molecule is CCCC(CN)NS(=O)(=O)c1c(Cl)cccc1Cl. The van der Waals surface area contributed by atoms with Gasteiger partial charge in [-0.25, -0.2) is 13.1 Å². The molecule has 1 atom stereocenters. The maximum absolute atomic E-state index is 12.2. The normalized spacial score (nSPS) is 13.6. The Bertz CT molecular complexity index is 486. The first kappa shape index (κ1) is 15.7. The van der Waals surface area contributed by atoms with Crippen LogP contribution >= 0.6 is 23.2 Å². The lowest BCUT2D eigenvalue weighted by Gasteiger charge is -2.17. The van der Waals surface area contributed by atoms with E-state index in [2.05, 4.69) is 4.72 Å². The summed E-state index contributed by atoms with van der Waals surface area (Å²) < 4.78 is 26.9. The predicted octanol–water partition coefficient (Wildman–Crippen LogP) is 2.40. The van der Waals surface area contributed by atoms with Crippen LogP contribution in [0.25, 0.3) is 0 Å². The highest BCUT2D eigenvalue weighted by atomic mass is 35.5. The summed E-state index contributed by atoms with van der Waals surface area (Å²) in [5, 5.41) is 0.199. The van der Waals surface area contributed by atoms with Gasteiger partial charge in [0.05, 0.1) is 10.0 Å². The molecule has 0 saturated heterocycles. The molecule has 0 bridgehead atoms. The van der Waals surface area contributed by atoms with Gasteiger partial charge in [-0.15, -0.1) is 0 Å². The molecule has 1 aromatic rings. The lowest BCUT2D eigenvalue weighted by molar-refractivity contribution is 0.527. The largest absolute Gasteiger partial charge is 0.329 e. The molecule has 1 unspecified atom stereocenters. The highest BCUT2D eigenvalue weighted by molar-refractivity contribution is 7.89. The Morgan fingerprint density at radius 2 is 1.89 bits per heavy atom. The van der Waals surface area contributed by atoms with Crippen molar-refractivity contribution in [2.45, 2.75) is 30.7 Å². The number of rotatable bonds is 6. The fourth-order valence-electron chi connectivity index (χ4n) is 1.59. The summed E-state index contributed by atoms with van der Waals surface area (Å²) in [5.41, 5.74) is 5.53. The Morgan fingerprint density at radius 1 is 1.33 bits per heavy atom. The summed E-state index contributed by atoms with van der Waals surface area (Å²) >= 11 is 11.8. The molecule has 18 heavy (non-hydrogen) atoms. The van der Waals surface area contributed by atoms with Gasteiger partial charge in [-0.3, -0.25) is 0 Å². The summed E-state index contributed by atoms with van der Waals surface area (Å²) in [4.78, 5) is -0.0945. The minimum Gasteiger partial charge on any atom is -0.329 e. The van der Waals surface area contributed by atoms with Crippen LogP contribution < -0.4 is 10.5 Å². The molecule has 102 valence electrons. The first-order valence-corrected chi connectivity index (χ1v) is 7.82. The van der Waals surface area contributed by atoms with Crippen molar-refractivity contribution < 1.29 is 8.42 Å². The Labute approximate surface area is 118 Å². The number of sulfonamides is 1. The van der Waals surface area contributed by atoms with Crippen molar-refractivity contribution in [3.05, 3.63) is 28.2 Å². The Balaban J connectivity index is 3.06. The molecule has 0 fully saturated rings. The molecular weight excluding hydrogens is 295 g/mol. The predicted molar refractivity (Wildman–Crippen MR) is 74.5 cm³/mol. The standard InChI is InChI=1S/C11H16Cl2N2O2S/c1-2-4-8(7-14)15-18(16,17)11-9(12)5-3-6-10(11)13/h3,5-6,8,15H,2,4,7,14H2,1H3. The molecule has 0 aromatic heterocycles. The van der Waals surface area contributed by atoms with Gasteiger partial charge >= 0.3 is 0 Å². The van der Waals surface area contributed by atoms with E-state index in [-0.39, 0.29) is 27.5 Å². The number of benzene rings is 1. The maximum Gasteiger partial charge on any atom is 0.243 e. The Kier molecular flexibility index (Phi) is 5.88. The quantitative estimate of drug-likeness (QED) is 0.847. The summed E-state index contributed by atoms with van der Waals surface area (Å²) in [6.07, 6.45) is 1.50. The average molecular weight is 311 g/mol. The number of nitrogens with one attached hydrogen (secondary N) is 1. The second kappa shape index (κ2) is 6.73. The van der Waals surface area contributed by atoms with Crippen LogP contribution in [0.5, 0.6) is 0 Å². The molecule has 1 aromatic carbocycles. The molecule has 0 spiro atoms. The van der Waals surface area contributed by atoms with E-state index in [4.69, 9.17) is 28.9 Å². The number of nitrogens with two attached hydrogens (primary N) is 1. The highest BCUT2D eigenvalue weighted by Crippen LogP contribution is 2.28. The third kappa shape index (κ3) is 3.83. The van der Waals surface area contributed by atoms with Crippen LogP contribution in [-0.2, 0) is 10.0 Å². The summed E-state index contributed by atoms with van der Waals surface area (Å²) in [7, 11) is -3.75. The second-order valence-electron chi connectivity index (χ2n) is 3.89. The van der Waals surface area contributed by atoms with E-state index >= 15 is 0 Å². The smallest absolute Gasteiger partial charge is 0.243 e. The number of hydrogen-bond acceptors (Lipinski definition) is 3. The van der Waals surface area contributed by atoms with E-state index in [0.29, 0.717) is 6.42 Å². The van der Waals surface area contributed by atoms with E-state index in [0.717, 1.165) is 6.42 Å². The van der Waals surface area contributed by atoms with Gasteiger partial charge < -0.3 is 5.73 Å². The van der Waals surface area contributed by atoms with Gasteiger partial charge in [0.2, 0.25) is 10.0 Å². The fraction of sp³-hybridized carbons (Fsp3) is 0.455. The highest BCUT2D eigenvalue weighted by Gasteiger charge is 2.24. The molecule has 4 nitrogen and oxygen atoms in total. The van der Waals surface area contributed by atoms with E-state index < -0.39 is 10.0 Å². The monoisotopic (exact) mass is 310 g/mol. The summed E-state index contributed by atoms with van der Waals surface area (Å²) in [5.74, 6) is 0. The van der Waals surface area contributed by atoms with E-state index in [1.54, 1.807) is 6.07 Å². The molecule has 0 amide bonds. The van der Waals surface area contributed by atoms with Crippen LogP contribution in [0, 0.1) is 0 Å². The third-order valence-electron chi connectivity index (χ3n) is 2.43. The summed E-state index contributed by atoms with van der Waals surface area (Å²) in [6, 6.07) is 4.25. The maximum atomic E-state index is 12.2. The van der Waals surface area contributed by atoms with E-state index in [1.807, 2.05) is 6.92 Å². The van der Waals surface area contributed by atoms with Gasteiger partial charge in [0.25, 0.3) is 0 Å². The molecule has 0 aliphatic rings. The Morgan fingerprint density at radius 3 is 2.33 bits per heavy atom. The van der Waals surface area contributed by atoms with Gasteiger partial charge in [-0.05, 0) is 18.6 Å². The van der Waals surface area contributed by atoms with Crippen molar-refractivity contribution >= 4 is 33.2 Å². The Hall–Kier alpha value is -0.330. The molecular formula is C11H16Cl2N2O2S. The van der Waals surface area contributed by atoms with Crippen molar-refractivity contribution in [1.82, 2.24) is 4.72 Å². The van der Waals surface area contributed by atoms with Crippen molar-refractivity contribution in [2.24, 2.45) is 5.73 Å². The van der Waals surface area contributed by atoms with Crippen LogP contribution in [-0.4, -0.2) is 21.0 Å². The number of hydrogen-bond donors (Lipinski definition) is 2. The van der Waals surface area contributed by atoms with Gasteiger partial charge in [0.1, 0.15) is 4.90 Å². The van der Waals surface area contributed by atoms with E-state index in [9.17, 15) is 8.42 Å². The fourth-order valence-corrected chi connectivity index (χ4v) is 4.02. The lowest BCUT2D eigenvalue weighted by atomic mass is 10.2. The number of halogens is 2. The first-order chi connectivity index (χ1) is 8.42. The van der Waals surface area contributed by atoms with Crippen LogP contribution in [0.3, 0.4) is 0 Å². The lowest BCUT2D eigenvalue weighted by Crippen LogP contribution is -2.40. The van der Waals surface area contributed by atoms with Crippen LogP contribution in [0.2, 0.25) is 10.0 Å². The molecule has 0 heterocycles. The van der Waals surface area contributed by atoms with Crippen LogP contribution in [0.15, 0.2) is 23.1 Å². The second-order valence-corrected chi connectivity index (χ2v) is 6.36. The van der Waals surface area contributed by atoms with Gasteiger partial charge in [-0.2, -0.15) is 0 Å². The average Bonchev–Trinajstić information content (AvgIpc) is 2.27. The molecule has 1 rings (SSSR count). The van der Waals surface area contributed by atoms with Crippen molar-refractivity contribution in [3.63, 3.8) is 0 Å². The van der Waals surface area contributed by atoms with Crippen molar-refractivity contribution in [2.75, 3.05) is 6.54 Å². The molecule has 0 radical (unpaired) electrons. The van der Waals surface area contributed by atoms with Crippen LogP contribution in [0.4, 0.5) is 0 Å². The summed E-state index contributed by atoms with van der Waals surface area (Å²) in [6.45, 7) is 2.19. The minimum atomic E-state index is -3.75. The molecule has 0 aliphatic carbocycles. The zero-order chi connectivity index (χ0) is 13.8. The molecule has 7 heteroatoms. The zero-order valence-corrected chi connectivity index (χ0v) is 12.3. The first-order valence-electron chi connectivity index (χ1n) is 5.58. The zero-order valence-electron chi connectivity index (χ0n) is 9.99. The molecule has 0 saturated carbocycles.